The van der Waals surface area contributed by atoms with Gasteiger partial charge < -0.3 is 10.6 Å². The second kappa shape index (κ2) is 3.28. The van der Waals surface area contributed by atoms with Crippen LogP contribution < -0.4 is 5.73 Å². The molecule has 0 saturated carbocycles. The predicted molar refractivity (Wildman–Crippen MR) is 60.8 cm³/mol. The zero-order valence-electron chi connectivity index (χ0n) is 8.74. The molecule has 0 saturated heterocycles. The molecule has 0 aromatic carbocycles. The predicted octanol–water partition coefficient (Wildman–Crippen LogP) is 1.67. The Morgan fingerprint density at radius 2 is 2.29 bits per heavy atom. The Morgan fingerprint density at radius 3 is 2.71 bits per heavy atom. The first-order valence-electron chi connectivity index (χ1n) is 4.69. The molecule has 0 aliphatic carbocycles. The van der Waals surface area contributed by atoms with Gasteiger partial charge in [-0.25, -0.2) is 0 Å². The lowest BCUT2D eigenvalue weighted by molar-refractivity contribution is 0.413. The van der Waals surface area contributed by atoms with E-state index in [9.17, 15) is 0 Å². The number of aryl methyl sites for hydroxylation is 2. The van der Waals surface area contributed by atoms with E-state index in [2.05, 4.69) is 29.8 Å². The van der Waals surface area contributed by atoms with Crippen LogP contribution in [-0.2, 0) is 0 Å². The number of aliphatic imine (C=N–C) groups is 1. The van der Waals surface area contributed by atoms with Crippen molar-refractivity contribution in [2.45, 2.75) is 19.9 Å². The van der Waals surface area contributed by atoms with Crippen molar-refractivity contribution < 1.29 is 0 Å². The number of likely N-dealkylation sites (N-methyl/N-ethyl adjacent to an activating group) is 1. The average molecular weight is 209 g/mol. The highest BCUT2D eigenvalue weighted by Gasteiger charge is 2.26. The van der Waals surface area contributed by atoms with Crippen LogP contribution in [0.5, 0.6) is 0 Å². The van der Waals surface area contributed by atoms with Gasteiger partial charge in [0, 0.05) is 16.8 Å². The van der Waals surface area contributed by atoms with Gasteiger partial charge in [0.1, 0.15) is 0 Å². The summed E-state index contributed by atoms with van der Waals surface area (Å²) in [6.07, 6.45) is 0. The topological polar surface area (TPSA) is 41.6 Å². The van der Waals surface area contributed by atoms with E-state index in [0.717, 1.165) is 6.54 Å². The molecule has 1 atom stereocenters. The van der Waals surface area contributed by atoms with Gasteiger partial charge in [-0.2, -0.15) is 0 Å². The molecule has 1 aliphatic rings. The highest BCUT2D eigenvalue weighted by atomic mass is 32.1. The van der Waals surface area contributed by atoms with Gasteiger partial charge >= 0.3 is 0 Å². The molecule has 1 unspecified atom stereocenters. The maximum absolute atomic E-state index is 5.74. The van der Waals surface area contributed by atoms with E-state index in [1.165, 1.54) is 15.3 Å². The van der Waals surface area contributed by atoms with E-state index < -0.39 is 0 Å². The molecule has 0 radical (unpaired) electrons. The molecule has 0 spiro atoms. The maximum atomic E-state index is 5.74. The van der Waals surface area contributed by atoms with Gasteiger partial charge in [-0.3, -0.25) is 4.99 Å². The van der Waals surface area contributed by atoms with E-state index in [-0.39, 0.29) is 0 Å². The lowest BCUT2D eigenvalue weighted by atomic mass is 10.1. The summed E-state index contributed by atoms with van der Waals surface area (Å²) in [6, 6.07) is 2.59. The number of hydrogen-bond donors (Lipinski definition) is 1. The molecule has 0 fully saturated rings. The molecule has 2 heterocycles. The molecular formula is C10H15N3S. The highest BCUT2D eigenvalue weighted by molar-refractivity contribution is 7.12. The Hall–Kier alpha value is -1.03. The molecule has 1 aliphatic heterocycles. The minimum atomic E-state index is 0.347. The van der Waals surface area contributed by atoms with Crippen molar-refractivity contribution in [3.05, 3.63) is 21.4 Å². The second-order valence-corrected chi connectivity index (χ2v) is 5.15. The van der Waals surface area contributed by atoms with Gasteiger partial charge in [0.25, 0.3) is 0 Å². The third-order valence-corrected chi connectivity index (χ3v) is 3.68. The normalized spacial score (nSPS) is 21.5. The molecule has 3 nitrogen and oxygen atoms in total. The first-order chi connectivity index (χ1) is 6.59. The number of rotatable bonds is 1. The Labute approximate surface area is 88.3 Å². The van der Waals surface area contributed by atoms with Crippen LogP contribution in [0, 0.1) is 13.8 Å². The molecule has 2 rings (SSSR count). The van der Waals surface area contributed by atoms with Crippen molar-refractivity contribution in [2.75, 3.05) is 13.6 Å². The standard InChI is InChI=1S/C10H15N3S/c1-6-4-8(7(2)14-6)9-5-12-10(11)13(9)3/h4,9H,5H2,1-3H3,(H2,11,12). The van der Waals surface area contributed by atoms with Gasteiger partial charge in [-0.1, -0.05) is 0 Å². The third-order valence-electron chi connectivity index (χ3n) is 2.69. The largest absolute Gasteiger partial charge is 0.370 e. The van der Waals surface area contributed by atoms with Crippen LogP contribution in [0.15, 0.2) is 11.1 Å². The van der Waals surface area contributed by atoms with Crippen molar-refractivity contribution in [3.63, 3.8) is 0 Å². The fourth-order valence-electron chi connectivity index (χ4n) is 1.86. The summed E-state index contributed by atoms with van der Waals surface area (Å²) >= 11 is 1.84. The lowest BCUT2D eigenvalue weighted by Crippen LogP contribution is -2.32. The zero-order chi connectivity index (χ0) is 10.3. The van der Waals surface area contributed by atoms with Gasteiger partial charge in [0.05, 0.1) is 12.6 Å². The molecule has 0 bridgehead atoms. The quantitative estimate of drug-likeness (QED) is 0.764. The second-order valence-electron chi connectivity index (χ2n) is 3.69. The maximum Gasteiger partial charge on any atom is 0.191 e. The van der Waals surface area contributed by atoms with Crippen LogP contribution in [-0.4, -0.2) is 24.5 Å². The van der Waals surface area contributed by atoms with Crippen LogP contribution in [0.2, 0.25) is 0 Å². The smallest absolute Gasteiger partial charge is 0.191 e. The molecule has 1 aromatic rings. The van der Waals surface area contributed by atoms with Gasteiger partial charge in [-0.15, -0.1) is 11.3 Å². The SMILES string of the molecule is Cc1cc(C2CN=C(N)N2C)c(C)s1. The molecule has 0 amide bonds. The number of hydrogen-bond acceptors (Lipinski definition) is 4. The van der Waals surface area contributed by atoms with E-state index in [1.807, 2.05) is 18.4 Å². The first kappa shape index (κ1) is 9.52. The van der Waals surface area contributed by atoms with Crippen molar-refractivity contribution in [2.24, 2.45) is 10.7 Å². The van der Waals surface area contributed by atoms with Crippen molar-refractivity contribution in [1.82, 2.24) is 4.90 Å². The van der Waals surface area contributed by atoms with Gasteiger partial charge in [0.15, 0.2) is 5.96 Å². The molecule has 4 heteroatoms. The number of nitrogens with zero attached hydrogens (tertiary/aromatic N) is 2. The molecule has 76 valence electrons. The minimum absolute atomic E-state index is 0.347. The van der Waals surface area contributed by atoms with E-state index in [0.29, 0.717) is 12.0 Å². The molecule has 1 aromatic heterocycles. The summed E-state index contributed by atoms with van der Waals surface area (Å²) in [5, 5.41) is 0. The van der Waals surface area contributed by atoms with E-state index >= 15 is 0 Å². The number of nitrogens with two attached hydrogens (primary N) is 1. The fourth-order valence-corrected chi connectivity index (χ4v) is 2.84. The summed E-state index contributed by atoms with van der Waals surface area (Å²) in [4.78, 5) is 9.04. The summed E-state index contributed by atoms with van der Waals surface area (Å²) in [5.41, 5.74) is 7.12. The van der Waals surface area contributed by atoms with Crippen LogP contribution in [0.25, 0.3) is 0 Å². The fraction of sp³-hybridized carbons (Fsp3) is 0.500. The highest BCUT2D eigenvalue weighted by Crippen LogP contribution is 2.31. The Kier molecular flexibility index (Phi) is 2.23. The monoisotopic (exact) mass is 209 g/mol. The third kappa shape index (κ3) is 1.39. The summed E-state index contributed by atoms with van der Waals surface area (Å²) in [7, 11) is 2.00. The van der Waals surface area contributed by atoms with Gasteiger partial charge in [0.2, 0.25) is 0 Å². The van der Waals surface area contributed by atoms with Gasteiger partial charge in [-0.05, 0) is 25.5 Å². The van der Waals surface area contributed by atoms with Crippen LogP contribution >= 0.6 is 11.3 Å². The van der Waals surface area contributed by atoms with Crippen molar-refractivity contribution in [1.29, 1.82) is 0 Å². The van der Waals surface area contributed by atoms with E-state index in [1.54, 1.807) is 0 Å². The lowest BCUT2D eigenvalue weighted by Gasteiger charge is -2.21. The summed E-state index contributed by atoms with van der Waals surface area (Å²) in [5.74, 6) is 0.651. The molecule has 14 heavy (non-hydrogen) atoms. The Balaban J connectivity index is 2.29. The molecular weight excluding hydrogens is 194 g/mol. The minimum Gasteiger partial charge on any atom is -0.370 e. The van der Waals surface area contributed by atoms with Crippen molar-refractivity contribution in [3.8, 4) is 0 Å². The summed E-state index contributed by atoms with van der Waals surface area (Å²) < 4.78 is 0. The zero-order valence-corrected chi connectivity index (χ0v) is 9.56. The van der Waals surface area contributed by atoms with Crippen LogP contribution in [0.1, 0.15) is 21.4 Å². The van der Waals surface area contributed by atoms with Crippen molar-refractivity contribution >= 4 is 17.3 Å². The average Bonchev–Trinajstić information content (AvgIpc) is 2.59. The summed E-state index contributed by atoms with van der Waals surface area (Å²) in [6.45, 7) is 5.09. The Morgan fingerprint density at radius 1 is 1.57 bits per heavy atom. The van der Waals surface area contributed by atoms with Crippen LogP contribution in [0.4, 0.5) is 0 Å². The van der Waals surface area contributed by atoms with E-state index in [4.69, 9.17) is 5.73 Å². The number of guanidine groups is 1. The first-order valence-corrected chi connectivity index (χ1v) is 5.51. The molecule has 2 N–H and O–H groups in total. The van der Waals surface area contributed by atoms with Crippen LogP contribution in [0.3, 0.4) is 0 Å². The number of thiophene rings is 1. The Bertz CT molecular complexity index is 381.